The Hall–Kier alpha value is -2.56. The van der Waals surface area contributed by atoms with Gasteiger partial charge in [0.2, 0.25) is 0 Å². The Morgan fingerprint density at radius 2 is 2.12 bits per heavy atom. The maximum absolute atomic E-state index is 12.1. The van der Waals surface area contributed by atoms with Crippen molar-refractivity contribution in [3.63, 3.8) is 0 Å². The first-order valence-corrected chi connectivity index (χ1v) is 8.88. The summed E-state index contributed by atoms with van der Waals surface area (Å²) < 4.78 is 11.5. The van der Waals surface area contributed by atoms with Crippen molar-refractivity contribution < 1.29 is 19.4 Å². The van der Waals surface area contributed by atoms with E-state index >= 15 is 0 Å². The number of fused-ring (bicyclic) bond motifs is 1. The Morgan fingerprint density at radius 1 is 1.35 bits per heavy atom. The zero-order chi connectivity index (χ0) is 18.9. The van der Waals surface area contributed by atoms with Gasteiger partial charge in [-0.1, -0.05) is 12.2 Å². The fourth-order valence-corrected chi connectivity index (χ4v) is 3.20. The van der Waals surface area contributed by atoms with Crippen LogP contribution in [0.3, 0.4) is 0 Å². The zero-order valence-corrected chi connectivity index (χ0v) is 15.7. The fourth-order valence-electron chi connectivity index (χ4n) is 3.20. The highest BCUT2D eigenvalue weighted by Gasteiger charge is 2.31. The number of nitrogens with zero attached hydrogens (tertiary/aromatic N) is 1. The van der Waals surface area contributed by atoms with Gasteiger partial charge in [-0.15, -0.1) is 0 Å². The summed E-state index contributed by atoms with van der Waals surface area (Å²) in [6, 6.07) is 0. The molecule has 0 saturated heterocycles. The Labute approximate surface area is 154 Å². The van der Waals surface area contributed by atoms with Gasteiger partial charge in [-0.25, -0.2) is 0 Å². The first kappa shape index (κ1) is 18.2. The topological polar surface area (TPSA) is 68.1 Å². The van der Waals surface area contributed by atoms with Crippen LogP contribution in [0.2, 0.25) is 0 Å². The van der Waals surface area contributed by atoms with Crippen molar-refractivity contribution in [2.75, 3.05) is 6.61 Å². The van der Waals surface area contributed by atoms with Crippen molar-refractivity contribution >= 4 is 18.3 Å². The summed E-state index contributed by atoms with van der Waals surface area (Å²) in [5.74, 6) is 0.105. The number of ether oxygens (including phenoxy) is 2. The van der Waals surface area contributed by atoms with Crippen LogP contribution in [0.5, 0.6) is 11.5 Å². The van der Waals surface area contributed by atoms with Crippen LogP contribution in [0.1, 0.15) is 42.0 Å². The third kappa shape index (κ3) is 3.39. The van der Waals surface area contributed by atoms with E-state index in [0.29, 0.717) is 18.6 Å². The zero-order valence-electron chi connectivity index (χ0n) is 15.7. The minimum atomic E-state index is -0.639. The Kier molecular flexibility index (Phi) is 4.90. The van der Waals surface area contributed by atoms with E-state index in [0.717, 1.165) is 22.3 Å². The predicted molar refractivity (Wildman–Crippen MR) is 102 cm³/mol. The molecule has 5 heteroatoms. The number of aromatic hydroxyl groups is 1. The molecule has 0 aliphatic carbocycles. The molecule has 2 aliphatic heterocycles. The van der Waals surface area contributed by atoms with Crippen molar-refractivity contribution in [1.29, 1.82) is 0 Å². The third-order valence-electron chi connectivity index (χ3n) is 5.27. The molecule has 2 heterocycles. The van der Waals surface area contributed by atoms with Crippen LogP contribution in [-0.4, -0.2) is 29.5 Å². The number of phenolic OH excluding ortho intramolecular Hbond substituents is 1. The Balaban J connectivity index is 1.67. The van der Waals surface area contributed by atoms with Gasteiger partial charge in [0.25, 0.3) is 0 Å². The Morgan fingerprint density at radius 3 is 2.81 bits per heavy atom. The van der Waals surface area contributed by atoms with Crippen LogP contribution in [-0.2, 0) is 9.53 Å². The normalized spacial score (nSPS) is 23.5. The van der Waals surface area contributed by atoms with Crippen LogP contribution >= 0.6 is 0 Å². The van der Waals surface area contributed by atoms with E-state index in [1.807, 2.05) is 45.9 Å². The summed E-state index contributed by atoms with van der Waals surface area (Å²) in [5, 5.41) is 10.5. The van der Waals surface area contributed by atoms with Crippen LogP contribution in [0.15, 0.2) is 23.3 Å². The number of allylic oxidation sites excluding steroid dienone is 1. The molecule has 0 spiro atoms. The number of rotatable bonds is 4. The van der Waals surface area contributed by atoms with Crippen molar-refractivity contribution in [2.24, 2.45) is 10.9 Å². The lowest BCUT2D eigenvalue weighted by atomic mass is 9.91. The van der Waals surface area contributed by atoms with E-state index in [4.69, 9.17) is 9.47 Å². The first-order valence-electron chi connectivity index (χ1n) is 8.88. The van der Waals surface area contributed by atoms with Crippen molar-refractivity contribution in [3.05, 3.63) is 40.6 Å². The maximum Gasteiger partial charge on any atom is 0.314 e. The summed E-state index contributed by atoms with van der Waals surface area (Å²) in [6.45, 7) is 8.08. The average Bonchev–Trinajstić information content (AvgIpc) is 2.65. The van der Waals surface area contributed by atoms with E-state index in [-0.39, 0.29) is 24.2 Å². The molecule has 26 heavy (non-hydrogen) atoms. The van der Waals surface area contributed by atoms with Gasteiger partial charge in [0, 0.05) is 24.4 Å². The van der Waals surface area contributed by atoms with Crippen molar-refractivity contribution in [3.8, 4) is 11.5 Å². The first-order chi connectivity index (χ1) is 12.3. The smallest absolute Gasteiger partial charge is 0.314 e. The van der Waals surface area contributed by atoms with Crippen LogP contribution in [0.4, 0.5) is 0 Å². The van der Waals surface area contributed by atoms with Gasteiger partial charge in [-0.2, -0.15) is 0 Å². The summed E-state index contributed by atoms with van der Waals surface area (Å²) in [4.78, 5) is 16.1. The molecule has 2 unspecified atom stereocenters. The number of hydrogen-bond donors (Lipinski definition) is 1. The molecule has 0 aromatic heterocycles. The van der Waals surface area contributed by atoms with Gasteiger partial charge in [0.1, 0.15) is 5.60 Å². The number of phenols is 1. The van der Waals surface area contributed by atoms with Crippen molar-refractivity contribution in [1.82, 2.24) is 0 Å². The van der Waals surface area contributed by atoms with Gasteiger partial charge >= 0.3 is 5.97 Å². The quantitative estimate of drug-likeness (QED) is 0.828. The van der Waals surface area contributed by atoms with Crippen LogP contribution in [0.25, 0.3) is 6.08 Å². The maximum atomic E-state index is 12.1. The number of hydrogen-bond acceptors (Lipinski definition) is 5. The molecule has 0 fully saturated rings. The highest BCUT2D eigenvalue weighted by Crippen LogP contribution is 2.44. The van der Waals surface area contributed by atoms with E-state index in [1.54, 1.807) is 12.4 Å². The van der Waals surface area contributed by atoms with Gasteiger partial charge in [0.15, 0.2) is 11.5 Å². The lowest BCUT2D eigenvalue weighted by molar-refractivity contribution is -0.146. The largest absolute Gasteiger partial charge is 0.504 e. The molecule has 1 aromatic rings. The lowest BCUT2D eigenvalue weighted by Gasteiger charge is -2.33. The predicted octanol–water partition coefficient (Wildman–Crippen LogP) is 4.02. The lowest BCUT2D eigenvalue weighted by Crippen LogP contribution is -2.34. The van der Waals surface area contributed by atoms with E-state index in [9.17, 15) is 9.90 Å². The molecule has 2 aliphatic rings. The number of carbonyl (C=O) groups is 1. The second-order valence-electron chi connectivity index (χ2n) is 7.16. The molecule has 3 rings (SSSR count). The highest BCUT2D eigenvalue weighted by atomic mass is 16.5. The molecule has 5 nitrogen and oxygen atoms in total. The monoisotopic (exact) mass is 355 g/mol. The van der Waals surface area contributed by atoms with Crippen LogP contribution in [0, 0.1) is 26.7 Å². The SMILES string of the molecule is Cc1c(C)c(O)c2c(c1C)C=CC(C)(CCOC(=O)C1C=NC=CC1)O2. The van der Waals surface area contributed by atoms with Crippen molar-refractivity contribution in [2.45, 2.75) is 46.1 Å². The van der Waals surface area contributed by atoms with Gasteiger partial charge in [-0.05, 0) is 56.9 Å². The molecule has 138 valence electrons. The Bertz CT molecular complexity index is 822. The van der Waals surface area contributed by atoms with E-state index < -0.39 is 5.60 Å². The molecule has 1 N–H and O–H groups in total. The molecular weight excluding hydrogens is 330 g/mol. The molecule has 0 bridgehead atoms. The summed E-state index contributed by atoms with van der Waals surface area (Å²) in [6.07, 6.45) is 10.2. The molecule has 1 aromatic carbocycles. The minimum absolute atomic E-state index is 0.181. The highest BCUT2D eigenvalue weighted by molar-refractivity contribution is 5.90. The molecule has 0 radical (unpaired) electrons. The summed E-state index contributed by atoms with van der Waals surface area (Å²) in [7, 11) is 0. The third-order valence-corrected chi connectivity index (χ3v) is 5.27. The standard InChI is InChI=1S/C21H25NO4/c1-13-14(2)17-7-8-21(4,26-19(17)18(23)15(13)3)9-11-25-20(24)16-6-5-10-22-12-16/h5,7-8,10,12,16,23H,6,9,11H2,1-4H3. The molecule has 0 saturated carbocycles. The number of carbonyl (C=O) groups excluding carboxylic acids is 1. The number of aliphatic imine (C=N–C) groups is 1. The minimum Gasteiger partial charge on any atom is -0.504 e. The van der Waals surface area contributed by atoms with E-state index in [1.165, 1.54) is 0 Å². The fraction of sp³-hybridized carbons (Fsp3) is 0.429. The summed E-state index contributed by atoms with van der Waals surface area (Å²) >= 11 is 0. The van der Waals surface area contributed by atoms with Gasteiger partial charge in [-0.3, -0.25) is 9.79 Å². The average molecular weight is 355 g/mol. The van der Waals surface area contributed by atoms with Gasteiger partial charge < -0.3 is 14.6 Å². The number of esters is 1. The summed E-state index contributed by atoms with van der Waals surface area (Å²) in [5.41, 5.74) is 3.26. The van der Waals surface area contributed by atoms with Gasteiger partial charge in [0.05, 0.1) is 12.5 Å². The van der Waals surface area contributed by atoms with E-state index in [2.05, 4.69) is 4.99 Å². The number of benzene rings is 1. The molecule has 2 atom stereocenters. The molecular formula is C21H25NO4. The molecule has 0 amide bonds. The van der Waals surface area contributed by atoms with Crippen LogP contribution < -0.4 is 4.74 Å². The second kappa shape index (κ2) is 6.98. The second-order valence-corrected chi connectivity index (χ2v) is 7.16.